The Kier molecular flexibility index (Phi) is 4.63. The second-order valence-electron chi connectivity index (χ2n) is 5.90. The summed E-state index contributed by atoms with van der Waals surface area (Å²) in [6.45, 7) is 11.5. The van der Waals surface area contributed by atoms with Gasteiger partial charge in [0.15, 0.2) is 5.54 Å². The van der Waals surface area contributed by atoms with Crippen LogP contribution in [0.5, 0.6) is 0 Å². The van der Waals surface area contributed by atoms with Gasteiger partial charge < -0.3 is 4.74 Å². The number of hydrogen-bond acceptors (Lipinski definition) is 4. The summed E-state index contributed by atoms with van der Waals surface area (Å²) in [4.78, 5) is 0. The van der Waals surface area contributed by atoms with E-state index in [1.54, 1.807) is 14.0 Å². The third-order valence-electron chi connectivity index (χ3n) is 2.13. The average Bonchev–Trinajstić information content (AvgIpc) is 2.13. The van der Waals surface area contributed by atoms with Crippen molar-refractivity contribution in [3.63, 3.8) is 0 Å². The van der Waals surface area contributed by atoms with E-state index in [2.05, 4.69) is 16.3 Å². The monoisotopic (exact) mass is 225 g/mol. The Morgan fingerprint density at radius 2 is 1.56 bits per heavy atom. The molecule has 1 atom stereocenters. The lowest BCUT2D eigenvalue weighted by Gasteiger charge is -2.29. The van der Waals surface area contributed by atoms with Crippen molar-refractivity contribution in [3.05, 3.63) is 0 Å². The van der Waals surface area contributed by atoms with E-state index in [9.17, 15) is 5.26 Å². The summed E-state index contributed by atoms with van der Waals surface area (Å²) in [6, 6.07) is 2.20. The Balaban J connectivity index is 4.83. The third-order valence-corrected chi connectivity index (χ3v) is 2.13. The molecule has 0 fully saturated rings. The highest BCUT2D eigenvalue weighted by Crippen LogP contribution is 2.27. The van der Waals surface area contributed by atoms with Crippen molar-refractivity contribution >= 4 is 0 Å². The molecule has 92 valence electrons. The number of nitriles is 1. The molecule has 0 amide bonds. The second-order valence-corrected chi connectivity index (χ2v) is 5.90. The first-order valence-electron chi connectivity index (χ1n) is 5.44. The van der Waals surface area contributed by atoms with E-state index in [0.717, 1.165) is 0 Å². The summed E-state index contributed by atoms with van der Waals surface area (Å²) < 4.78 is 5.31. The molecule has 0 rings (SSSR count). The molecule has 0 saturated carbocycles. The van der Waals surface area contributed by atoms with E-state index < -0.39 is 5.54 Å². The Hall–Kier alpha value is -0.950. The Morgan fingerprint density at radius 1 is 1.06 bits per heavy atom. The number of azo groups is 1. The molecule has 0 aromatic heterocycles. The number of methoxy groups -OCH3 is 1. The molecule has 0 aromatic rings. The molecule has 0 aliphatic rings. The van der Waals surface area contributed by atoms with Gasteiger partial charge in [-0.05, 0) is 41.5 Å². The predicted molar refractivity (Wildman–Crippen MR) is 64.3 cm³/mol. The van der Waals surface area contributed by atoms with Gasteiger partial charge in [0.2, 0.25) is 0 Å². The van der Waals surface area contributed by atoms with Gasteiger partial charge in [-0.3, -0.25) is 0 Å². The van der Waals surface area contributed by atoms with Crippen LogP contribution in [0.4, 0.5) is 0 Å². The molecule has 4 heteroatoms. The van der Waals surface area contributed by atoms with Gasteiger partial charge in [0, 0.05) is 13.5 Å². The first kappa shape index (κ1) is 15.0. The highest BCUT2D eigenvalue weighted by molar-refractivity contribution is 5.06. The first-order valence-corrected chi connectivity index (χ1v) is 5.44. The minimum atomic E-state index is -0.827. The molecule has 0 aliphatic heterocycles. The summed E-state index contributed by atoms with van der Waals surface area (Å²) in [6.07, 6.45) is 0.520. The van der Waals surface area contributed by atoms with E-state index in [1.807, 2.05) is 34.6 Å². The zero-order valence-electron chi connectivity index (χ0n) is 11.5. The lowest BCUT2D eigenvalue weighted by atomic mass is 9.90. The summed E-state index contributed by atoms with van der Waals surface area (Å²) in [5.74, 6) is 0. The van der Waals surface area contributed by atoms with E-state index in [4.69, 9.17) is 4.74 Å². The molecule has 0 saturated heterocycles. The normalized spacial score (nSPS) is 17.1. The Bertz CT molecular complexity index is 296. The maximum atomic E-state index is 9.18. The van der Waals surface area contributed by atoms with Crippen LogP contribution in [0.25, 0.3) is 0 Å². The fourth-order valence-electron chi connectivity index (χ4n) is 1.26. The maximum absolute atomic E-state index is 9.18. The summed E-state index contributed by atoms with van der Waals surface area (Å²) in [5, 5.41) is 17.5. The average molecular weight is 225 g/mol. The van der Waals surface area contributed by atoms with Crippen molar-refractivity contribution in [3.8, 4) is 6.07 Å². The Labute approximate surface area is 98.7 Å². The van der Waals surface area contributed by atoms with E-state index in [0.29, 0.717) is 6.42 Å². The van der Waals surface area contributed by atoms with Crippen LogP contribution >= 0.6 is 0 Å². The molecular formula is C12H23N3O. The fraction of sp³-hybridized carbons (Fsp3) is 0.917. The number of nitrogens with zero attached hydrogens (tertiary/aromatic N) is 3. The van der Waals surface area contributed by atoms with Crippen LogP contribution in [0.2, 0.25) is 0 Å². The summed E-state index contributed by atoms with van der Waals surface area (Å²) in [5.41, 5.74) is -1.45. The van der Waals surface area contributed by atoms with Crippen LogP contribution in [0.15, 0.2) is 10.2 Å². The van der Waals surface area contributed by atoms with Crippen molar-refractivity contribution in [2.24, 2.45) is 10.2 Å². The van der Waals surface area contributed by atoms with Crippen molar-refractivity contribution in [2.45, 2.75) is 64.6 Å². The first-order chi connectivity index (χ1) is 7.04. The van der Waals surface area contributed by atoms with E-state index in [1.165, 1.54) is 0 Å². The van der Waals surface area contributed by atoms with Gasteiger partial charge in [0.25, 0.3) is 0 Å². The molecule has 0 spiro atoms. The fourth-order valence-corrected chi connectivity index (χ4v) is 1.26. The largest absolute Gasteiger partial charge is 0.379 e. The van der Waals surface area contributed by atoms with Crippen molar-refractivity contribution in [2.75, 3.05) is 7.11 Å². The third kappa shape index (κ3) is 5.82. The molecule has 0 radical (unpaired) electrons. The van der Waals surface area contributed by atoms with Crippen LogP contribution in [-0.4, -0.2) is 23.8 Å². The smallest absolute Gasteiger partial charge is 0.167 e. The van der Waals surface area contributed by atoms with Crippen LogP contribution in [-0.2, 0) is 4.74 Å². The predicted octanol–water partition coefficient (Wildman–Crippen LogP) is 3.33. The zero-order chi connectivity index (χ0) is 13.0. The van der Waals surface area contributed by atoms with Crippen LogP contribution in [0.3, 0.4) is 0 Å². The van der Waals surface area contributed by atoms with Crippen molar-refractivity contribution in [1.82, 2.24) is 0 Å². The standard InChI is InChI=1S/C12H23N3O/c1-10(2,3)14-15-12(6,9-13)8-11(4,5)16-7/h8H2,1-7H3. The lowest BCUT2D eigenvalue weighted by Crippen LogP contribution is -2.34. The highest BCUT2D eigenvalue weighted by Gasteiger charge is 2.33. The molecule has 0 heterocycles. The summed E-state index contributed by atoms with van der Waals surface area (Å²) in [7, 11) is 1.64. The van der Waals surface area contributed by atoms with E-state index in [-0.39, 0.29) is 11.1 Å². The van der Waals surface area contributed by atoms with Gasteiger partial charge in [-0.15, -0.1) is 0 Å². The SMILES string of the molecule is COC(C)(C)CC(C)(C#N)N=NC(C)(C)C. The molecular weight excluding hydrogens is 202 g/mol. The molecule has 4 nitrogen and oxygen atoms in total. The number of rotatable bonds is 4. The molecule has 1 unspecified atom stereocenters. The maximum Gasteiger partial charge on any atom is 0.167 e. The van der Waals surface area contributed by atoms with Gasteiger partial charge in [-0.25, -0.2) is 0 Å². The molecule has 0 N–H and O–H groups in total. The number of ether oxygens (including phenoxy) is 1. The van der Waals surface area contributed by atoms with Crippen molar-refractivity contribution in [1.29, 1.82) is 5.26 Å². The lowest BCUT2D eigenvalue weighted by molar-refractivity contribution is 0.00462. The van der Waals surface area contributed by atoms with Crippen molar-refractivity contribution < 1.29 is 4.74 Å². The minimum absolute atomic E-state index is 0.255. The minimum Gasteiger partial charge on any atom is -0.379 e. The van der Waals surface area contributed by atoms with Gasteiger partial charge >= 0.3 is 0 Å². The van der Waals surface area contributed by atoms with Gasteiger partial charge in [0.1, 0.15) is 0 Å². The molecule has 0 aromatic carbocycles. The van der Waals surface area contributed by atoms with Gasteiger partial charge in [0.05, 0.1) is 17.2 Å². The van der Waals surface area contributed by atoms with E-state index >= 15 is 0 Å². The van der Waals surface area contributed by atoms with Gasteiger partial charge in [-0.2, -0.15) is 15.5 Å². The zero-order valence-corrected chi connectivity index (χ0v) is 11.5. The quantitative estimate of drug-likeness (QED) is 0.689. The van der Waals surface area contributed by atoms with Crippen LogP contribution in [0.1, 0.15) is 48.0 Å². The van der Waals surface area contributed by atoms with Crippen LogP contribution in [0, 0.1) is 11.3 Å². The van der Waals surface area contributed by atoms with Crippen LogP contribution < -0.4 is 0 Å². The summed E-state index contributed by atoms with van der Waals surface area (Å²) >= 11 is 0. The number of hydrogen-bond donors (Lipinski definition) is 0. The topological polar surface area (TPSA) is 57.7 Å². The Morgan fingerprint density at radius 3 is 1.88 bits per heavy atom. The molecule has 16 heavy (non-hydrogen) atoms. The molecule has 0 aliphatic carbocycles. The molecule has 0 bridgehead atoms. The highest BCUT2D eigenvalue weighted by atomic mass is 16.5. The van der Waals surface area contributed by atoms with Gasteiger partial charge in [-0.1, -0.05) is 0 Å². The second kappa shape index (κ2) is 4.92.